The van der Waals surface area contributed by atoms with Gasteiger partial charge in [0, 0.05) is 23.5 Å². The molecule has 3 nitrogen and oxygen atoms in total. The van der Waals surface area contributed by atoms with Crippen molar-refractivity contribution in [1.82, 2.24) is 15.0 Å². The fourth-order valence-corrected chi connectivity index (χ4v) is 2.03. The SMILES string of the molecule is CCCc1c(Cl)ncnc1-c1cnccc1C. The first-order valence-electron chi connectivity index (χ1n) is 5.64. The summed E-state index contributed by atoms with van der Waals surface area (Å²) in [6.07, 6.45) is 7.00. The van der Waals surface area contributed by atoms with Gasteiger partial charge in [0.2, 0.25) is 0 Å². The van der Waals surface area contributed by atoms with E-state index >= 15 is 0 Å². The highest BCUT2D eigenvalue weighted by atomic mass is 35.5. The highest BCUT2D eigenvalue weighted by molar-refractivity contribution is 6.30. The van der Waals surface area contributed by atoms with Gasteiger partial charge in [-0.05, 0) is 25.0 Å². The lowest BCUT2D eigenvalue weighted by Gasteiger charge is -2.10. The summed E-state index contributed by atoms with van der Waals surface area (Å²) in [6, 6.07) is 1.97. The van der Waals surface area contributed by atoms with Crippen LogP contribution in [0, 0.1) is 6.92 Å². The highest BCUT2D eigenvalue weighted by Crippen LogP contribution is 2.28. The quantitative estimate of drug-likeness (QED) is 0.780. The molecular formula is C13H14ClN3. The molecule has 0 aliphatic carbocycles. The highest BCUT2D eigenvalue weighted by Gasteiger charge is 2.12. The molecule has 0 saturated carbocycles. The van der Waals surface area contributed by atoms with Crippen LogP contribution in [0.25, 0.3) is 11.3 Å². The molecule has 0 aromatic carbocycles. The van der Waals surface area contributed by atoms with Crippen LogP contribution in [0.1, 0.15) is 24.5 Å². The summed E-state index contributed by atoms with van der Waals surface area (Å²) >= 11 is 6.14. The van der Waals surface area contributed by atoms with Crippen molar-refractivity contribution in [2.45, 2.75) is 26.7 Å². The molecule has 0 bridgehead atoms. The number of aryl methyl sites for hydroxylation is 1. The topological polar surface area (TPSA) is 38.7 Å². The van der Waals surface area contributed by atoms with Crippen LogP contribution in [0.15, 0.2) is 24.8 Å². The molecule has 2 heterocycles. The van der Waals surface area contributed by atoms with Gasteiger partial charge in [0.25, 0.3) is 0 Å². The molecular weight excluding hydrogens is 234 g/mol. The minimum Gasteiger partial charge on any atom is -0.264 e. The summed E-state index contributed by atoms with van der Waals surface area (Å²) in [6.45, 7) is 4.16. The van der Waals surface area contributed by atoms with Gasteiger partial charge in [-0.1, -0.05) is 24.9 Å². The molecule has 0 radical (unpaired) electrons. The van der Waals surface area contributed by atoms with Crippen LogP contribution >= 0.6 is 11.6 Å². The lowest BCUT2D eigenvalue weighted by molar-refractivity contribution is 0.903. The zero-order valence-electron chi connectivity index (χ0n) is 9.94. The molecule has 88 valence electrons. The number of halogens is 1. The van der Waals surface area contributed by atoms with Crippen LogP contribution in [-0.4, -0.2) is 15.0 Å². The third-order valence-corrected chi connectivity index (χ3v) is 3.01. The van der Waals surface area contributed by atoms with E-state index in [1.165, 1.54) is 6.33 Å². The lowest BCUT2D eigenvalue weighted by atomic mass is 10.0. The van der Waals surface area contributed by atoms with Crippen molar-refractivity contribution in [1.29, 1.82) is 0 Å². The first kappa shape index (κ1) is 12.0. The number of nitrogens with zero attached hydrogens (tertiary/aromatic N) is 3. The van der Waals surface area contributed by atoms with Crippen LogP contribution in [0.2, 0.25) is 5.15 Å². The van der Waals surface area contributed by atoms with Gasteiger partial charge < -0.3 is 0 Å². The Kier molecular flexibility index (Phi) is 3.69. The second-order valence-electron chi connectivity index (χ2n) is 3.93. The van der Waals surface area contributed by atoms with Crippen molar-refractivity contribution in [3.8, 4) is 11.3 Å². The number of pyridine rings is 1. The summed E-state index contributed by atoms with van der Waals surface area (Å²) in [7, 11) is 0. The Balaban J connectivity index is 2.59. The molecule has 0 N–H and O–H groups in total. The Morgan fingerprint density at radius 3 is 2.82 bits per heavy atom. The van der Waals surface area contributed by atoms with Crippen molar-refractivity contribution < 1.29 is 0 Å². The second kappa shape index (κ2) is 5.23. The average molecular weight is 248 g/mol. The molecule has 0 atom stereocenters. The van der Waals surface area contributed by atoms with Gasteiger partial charge in [0.05, 0.1) is 5.69 Å². The van der Waals surface area contributed by atoms with Gasteiger partial charge in [-0.3, -0.25) is 4.98 Å². The molecule has 0 aliphatic heterocycles. The van der Waals surface area contributed by atoms with Gasteiger partial charge in [-0.15, -0.1) is 0 Å². The van der Waals surface area contributed by atoms with Crippen LogP contribution in [-0.2, 0) is 6.42 Å². The van der Waals surface area contributed by atoms with E-state index in [0.29, 0.717) is 5.15 Å². The van der Waals surface area contributed by atoms with Crippen molar-refractivity contribution in [3.63, 3.8) is 0 Å². The first-order valence-corrected chi connectivity index (χ1v) is 6.02. The first-order chi connectivity index (χ1) is 8.24. The summed E-state index contributed by atoms with van der Waals surface area (Å²) in [5, 5.41) is 0.542. The zero-order valence-corrected chi connectivity index (χ0v) is 10.7. The predicted molar refractivity (Wildman–Crippen MR) is 69.0 cm³/mol. The molecule has 2 rings (SSSR count). The second-order valence-corrected chi connectivity index (χ2v) is 4.29. The maximum Gasteiger partial charge on any atom is 0.136 e. The fraction of sp³-hybridized carbons (Fsp3) is 0.308. The van der Waals surface area contributed by atoms with Gasteiger partial charge in [0.15, 0.2) is 0 Å². The van der Waals surface area contributed by atoms with Crippen LogP contribution in [0.3, 0.4) is 0 Å². The molecule has 0 amide bonds. The van der Waals surface area contributed by atoms with Crippen LogP contribution in [0.5, 0.6) is 0 Å². The summed E-state index contributed by atoms with van der Waals surface area (Å²) in [5.74, 6) is 0. The van der Waals surface area contributed by atoms with E-state index in [9.17, 15) is 0 Å². The number of hydrogen-bond donors (Lipinski definition) is 0. The third-order valence-electron chi connectivity index (χ3n) is 2.69. The smallest absolute Gasteiger partial charge is 0.136 e. The molecule has 0 aliphatic rings. The summed E-state index contributed by atoms with van der Waals surface area (Å²) in [4.78, 5) is 12.6. The third kappa shape index (κ3) is 2.44. The number of aromatic nitrogens is 3. The molecule has 0 saturated heterocycles. The Morgan fingerprint density at radius 1 is 1.29 bits per heavy atom. The van der Waals surface area contributed by atoms with Crippen molar-refractivity contribution in [2.75, 3.05) is 0 Å². The fourth-order valence-electron chi connectivity index (χ4n) is 1.81. The van der Waals surface area contributed by atoms with E-state index in [4.69, 9.17) is 11.6 Å². The standard InChI is InChI=1S/C13H14ClN3/c1-3-4-10-12(16-8-17-13(10)14)11-7-15-6-5-9(11)2/h5-8H,3-4H2,1-2H3. The van der Waals surface area contributed by atoms with E-state index in [-0.39, 0.29) is 0 Å². The molecule has 0 unspecified atom stereocenters. The maximum absolute atomic E-state index is 6.14. The van der Waals surface area contributed by atoms with Gasteiger partial charge >= 0.3 is 0 Å². The Morgan fingerprint density at radius 2 is 2.12 bits per heavy atom. The van der Waals surface area contributed by atoms with Crippen molar-refractivity contribution in [3.05, 3.63) is 41.1 Å². The molecule has 2 aromatic heterocycles. The largest absolute Gasteiger partial charge is 0.264 e. The number of rotatable bonds is 3. The van der Waals surface area contributed by atoms with E-state index < -0.39 is 0 Å². The summed E-state index contributed by atoms with van der Waals surface area (Å²) in [5.41, 5.74) is 4.08. The number of hydrogen-bond acceptors (Lipinski definition) is 3. The van der Waals surface area contributed by atoms with E-state index in [1.54, 1.807) is 6.20 Å². The Hall–Kier alpha value is -1.48. The Bertz CT molecular complexity index is 526. The maximum atomic E-state index is 6.14. The van der Waals surface area contributed by atoms with E-state index in [2.05, 4.69) is 21.9 Å². The minimum absolute atomic E-state index is 0.542. The average Bonchev–Trinajstić information content (AvgIpc) is 2.33. The normalized spacial score (nSPS) is 10.5. The van der Waals surface area contributed by atoms with Gasteiger partial charge in [-0.25, -0.2) is 9.97 Å². The minimum atomic E-state index is 0.542. The van der Waals surface area contributed by atoms with Crippen LogP contribution < -0.4 is 0 Å². The zero-order chi connectivity index (χ0) is 12.3. The molecule has 4 heteroatoms. The predicted octanol–water partition coefficient (Wildman–Crippen LogP) is 3.45. The monoisotopic (exact) mass is 247 g/mol. The lowest BCUT2D eigenvalue weighted by Crippen LogP contribution is -1.98. The summed E-state index contributed by atoms with van der Waals surface area (Å²) < 4.78 is 0. The van der Waals surface area contributed by atoms with Crippen LogP contribution in [0.4, 0.5) is 0 Å². The molecule has 2 aromatic rings. The molecule has 17 heavy (non-hydrogen) atoms. The Labute approximate surface area is 106 Å². The van der Waals surface area contributed by atoms with Gasteiger partial charge in [-0.2, -0.15) is 0 Å². The van der Waals surface area contributed by atoms with E-state index in [1.807, 2.05) is 19.2 Å². The van der Waals surface area contributed by atoms with E-state index in [0.717, 1.165) is 35.2 Å². The van der Waals surface area contributed by atoms with Crippen molar-refractivity contribution >= 4 is 11.6 Å². The molecule has 0 spiro atoms. The van der Waals surface area contributed by atoms with Gasteiger partial charge in [0.1, 0.15) is 11.5 Å². The molecule has 0 fully saturated rings. The van der Waals surface area contributed by atoms with Crippen molar-refractivity contribution in [2.24, 2.45) is 0 Å².